The van der Waals surface area contributed by atoms with Gasteiger partial charge in [-0.05, 0) is 61.8 Å². The second kappa shape index (κ2) is 6.24. The first-order chi connectivity index (χ1) is 10.5. The van der Waals surface area contributed by atoms with E-state index in [1.165, 1.54) is 24.3 Å². The number of ether oxygens (including phenoxy) is 1. The first-order valence-corrected chi connectivity index (χ1v) is 7.85. The molecule has 4 nitrogen and oxygen atoms in total. The largest absolute Gasteiger partial charge is 0.484 e. The Hall–Kier alpha value is -1.62. The Labute approximate surface area is 129 Å². The van der Waals surface area contributed by atoms with Crippen molar-refractivity contribution in [1.29, 1.82) is 0 Å². The van der Waals surface area contributed by atoms with E-state index in [4.69, 9.17) is 4.74 Å². The molecule has 120 valence electrons. The normalized spacial score (nSPS) is 30.1. The number of rotatable bonds is 4. The van der Waals surface area contributed by atoms with Gasteiger partial charge in [0, 0.05) is 13.1 Å². The van der Waals surface area contributed by atoms with Gasteiger partial charge in [0.15, 0.2) is 6.61 Å². The smallest absolute Gasteiger partial charge is 0.260 e. The van der Waals surface area contributed by atoms with Crippen molar-refractivity contribution in [2.45, 2.75) is 37.8 Å². The maximum atomic E-state index is 12.8. The first-order valence-electron chi connectivity index (χ1n) is 7.85. The molecule has 2 saturated carbocycles. The van der Waals surface area contributed by atoms with Crippen molar-refractivity contribution < 1.29 is 19.0 Å². The third-order valence-corrected chi connectivity index (χ3v) is 5.08. The Bertz CT molecular complexity index is 519. The van der Waals surface area contributed by atoms with Crippen LogP contribution in [0.15, 0.2) is 24.3 Å². The molecule has 3 rings (SSSR count). The number of benzene rings is 1. The Balaban J connectivity index is 1.49. The molecule has 0 heterocycles. The molecule has 4 atom stereocenters. The average Bonchev–Trinajstić information content (AvgIpc) is 3.02. The molecule has 1 aromatic carbocycles. The highest BCUT2D eigenvalue weighted by Gasteiger charge is 2.43. The van der Waals surface area contributed by atoms with Crippen molar-refractivity contribution in [3.8, 4) is 5.75 Å². The minimum Gasteiger partial charge on any atom is -0.484 e. The number of likely N-dealkylation sites (N-methyl/N-ethyl adjacent to an activating group) is 1. The van der Waals surface area contributed by atoms with E-state index in [9.17, 15) is 14.3 Å². The first kappa shape index (κ1) is 15.3. The lowest BCUT2D eigenvalue weighted by Crippen LogP contribution is -2.39. The SMILES string of the molecule is CN(C(=O)COc1ccc(F)cc1)C1C[C@H]2CC(O)C[C@H]2C1. The fourth-order valence-electron chi connectivity index (χ4n) is 3.85. The molecule has 0 spiro atoms. The number of halogens is 1. The molecule has 0 aliphatic heterocycles. The van der Waals surface area contributed by atoms with Gasteiger partial charge in [-0.2, -0.15) is 0 Å². The Morgan fingerprint density at radius 2 is 1.82 bits per heavy atom. The number of carbonyl (C=O) groups excluding carboxylic acids is 1. The fraction of sp³-hybridized carbons (Fsp3) is 0.588. The molecule has 1 N–H and O–H groups in total. The summed E-state index contributed by atoms with van der Waals surface area (Å²) in [4.78, 5) is 14.0. The number of aliphatic hydroxyl groups excluding tert-OH is 1. The summed E-state index contributed by atoms with van der Waals surface area (Å²) in [5, 5.41) is 9.67. The highest BCUT2D eigenvalue weighted by molar-refractivity contribution is 5.77. The molecule has 1 amide bonds. The number of fused-ring (bicyclic) bond motifs is 1. The molecular weight excluding hydrogens is 285 g/mol. The van der Waals surface area contributed by atoms with Gasteiger partial charge in [-0.25, -0.2) is 4.39 Å². The van der Waals surface area contributed by atoms with E-state index in [0.717, 1.165) is 25.7 Å². The number of hydrogen-bond donors (Lipinski definition) is 1. The minimum atomic E-state index is -0.324. The predicted molar refractivity (Wildman–Crippen MR) is 79.9 cm³/mol. The molecule has 2 aliphatic rings. The van der Waals surface area contributed by atoms with Crippen molar-refractivity contribution in [2.24, 2.45) is 11.8 Å². The van der Waals surface area contributed by atoms with Crippen LogP contribution in [0.3, 0.4) is 0 Å². The van der Waals surface area contributed by atoms with Crippen LogP contribution in [0.25, 0.3) is 0 Å². The topological polar surface area (TPSA) is 49.8 Å². The van der Waals surface area contributed by atoms with E-state index in [0.29, 0.717) is 17.6 Å². The number of amides is 1. The third kappa shape index (κ3) is 3.24. The van der Waals surface area contributed by atoms with Gasteiger partial charge < -0.3 is 14.7 Å². The molecule has 2 fully saturated rings. The molecule has 0 aromatic heterocycles. The summed E-state index contributed by atoms with van der Waals surface area (Å²) in [5.41, 5.74) is 0. The molecule has 0 saturated heterocycles. The van der Waals surface area contributed by atoms with E-state index in [-0.39, 0.29) is 30.5 Å². The highest BCUT2D eigenvalue weighted by Crippen LogP contribution is 2.45. The van der Waals surface area contributed by atoms with Crippen molar-refractivity contribution in [1.82, 2.24) is 4.90 Å². The van der Waals surface area contributed by atoms with Gasteiger partial charge in [0.25, 0.3) is 5.91 Å². The van der Waals surface area contributed by atoms with Crippen LogP contribution in [0.4, 0.5) is 4.39 Å². The lowest BCUT2D eigenvalue weighted by Gasteiger charge is -2.25. The Morgan fingerprint density at radius 3 is 2.41 bits per heavy atom. The van der Waals surface area contributed by atoms with E-state index < -0.39 is 0 Å². The lowest BCUT2D eigenvalue weighted by atomic mass is 10.0. The zero-order valence-corrected chi connectivity index (χ0v) is 12.7. The van der Waals surface area contributed by atoms with E-state index in [1.807, 2.05) is 7.05 Å². The Kier molecular flexibility index (Phi) is 4.34. The summed E-state index contributed by atoms with van der Waals surface area (Å²) in [6.45, 7) is -0.0312. The monoisotopic (exact) mass is 307 g/mol. The van der Waals surface area contributed by atoms with Gasteiger partial charge in [-0.3, -0.25) is 4.79 Å². The number of nitrogens with zero attached hydrogens (tertiary/aromatic N) is 1. The summed E-state index contributed by atoms with van der Waals surface area (Å²) < 4.78 is 18.2. The van der Waals surface area contributed by atoms with Crippen molar-refractivity contribution in [2.75, 3.05) is 13.7 Å². The van der Waals surface area contributed by atoms with Crippen LogP contribution in [0.2, 0.25) is 0 Å². The van der Waals surface area contributed by atoms with Crippen LogP contribution in [-0.4, -0.2) is 41.7 Å². The summed E-state index contributed by atoms with van der Waals surface area (Å²) in [5.74, 6) is 1.21. The zero-order valence-electron chi connectivity index (χ0n) is 12.7. The number of aliphatic hydroxyl groups is 1. The van der Waals surface area contributed by atoms with Gasteiger partial charge >= 0.3 is 0 Å². The molecule has 22 heavy (non-hydrogen) atoms. The second-order valence-corrected chi connectivity index (χ2v) is 6.52. The van der Waals surface area contributed by atoms with Crippen molar-refractivity contribution in [3.63, 3.8) is 0 Å². The van der Waals surface area contributed by atoms with Gasteiger partial charge in [0.1, 0.15) is 11.6 Å². The average molecular weight is 307 g/mol. The quantitative estimate of drug-likeness (QED) is 0.928. The summed E-state index contributed by atoms with van der Waals surface area (Å²) >= 11 is 0. The third-order valence-electron chi connectivity index (χ3n) is 5.08. The Morgan fingerprint density at radius 1 is 1.23 bits per heavy atom. The van der Waals surface area contributed by atoms with Gasteiger partial charge in [0.05, 0.1) is 6.10 Å². The predicted octanol–water partition coefficient (Wildman–Crippen LogP) is 2.21. The number of hydrogen-bond acceptors (Lipinski definition) is 3. The molecule has 5 heteroatoms. The van der Waals surface area contributed by atoms with Crippen LogP contribution in [0, 0.1) is 17.7 Å². The van der Waals surface area contributed by atoms with Crippen LogP contribution in [0.1, 0.15) is 25.7 Å². The number of carbonyl (C=O) groups is 1. The van der Waals surface area contributed by atoms with Crippen LogP contribution < -0.4 is 4.74 Å². The summed E-state index contributed by atoms with van der Waals surface area (Å²) in [7, 11) is 1.82. The maximum Gasteiger partial charge on any atom is 0.260 e. The minimum absolute atomic E-state index is 0.0312. The van der Waals surface area contributed by atoms with Gasteiger partial charge in [0.2, 0.25) is 0 Å². The molecule has 0 radical (unpaired) electrons. The molecule has 2 unspecified atom stereocenters. The summed E-state index contributed by atoms with van der Waals surface area (Å²) in [6, 6.07) is 5.90. The van der Waals surface area contributed by atoms with E-state index >= 15 is 0 Å². The van der Waals surface area contributed by atoms with Crippen molar-refractivity contribution >= 4 is 5.91 Å². The van der Waals surface area contributed by atoms with E-state index in [2.05, 4.69) is 0 Å². The van der Waals surface area contributed by atoms with Crippen LogP contribution in [0.5, 0.6) is 5.75 Å². The molecule has 1 aromatic rings. The van der Waals surface area contributed by atoms with Crippen molar-refractivity contribution in [3.05, 3.63) is 30.1 Å². The van der Waals surface area contributed by atoms with Crippen LogP contribution >= 0.6 is 0 Å². The molecule has 2 aliphatic carbocycles. The lowest BCUT2D eigenvalue weighted by molar-refractivity contribution is -0.134. The maximum absolute atomic E-state index is 12.8. The molecular formula is C17H22FNO3. The standard InChI is InChI=1S/C17H22FNO3/c1-19(14-6-11-8-15(20)9-12(11)7-14)17(21)10-22-16-4-2-13(18)3-5-16/h2-5,11-12,14-15,20H,6-10H2,1H3/t11-,12+,14?,15?. The second-order valence-electron chi connectivity index (χ2n) is 6.52. The van der Waals surface area contributed by atoms with Gasteiger partial charge in [-0.1, -0.05) is 0 Å². The van der Waals surface area contributed by atoms with Gasteiger partial charge in [-0.15, -0.1) is 0 Å². The fourth-order valence-corrected chi connectivity index (χ4v) is 3.85. The zero-order chi connectivity index (χ0) is 15.7. The molecule has 0 bridgehead atoms. The summed E-state index contributed by atoms with van der Waals surface area (Å²) in [6.07, 6.45) is 3.53. The van der Waals surface area contributed by atoms with Crippen LogP contribution in [-0.2, 0) is 4.79 Å². The van der Waals surface area contributed by atoms with E-state index in [1.54, 1.807) is 4.90 Å². The highest BCUT2D eigenvalue weighted by atomic mass is 19.1.